The van der Waals surface area contributed by atoms with Gasteiger partial charge in [0.1, 0.15) is 16.8 Å². The number of rotatable bonds is 8. The number of ether oxygens (including phenoxy) is 3. The minimum atomic E-state index is -0.726. The van der Waals surface area contributed by atoms with Crippen molar-refractivity contribution in [2.24, 2.45) is 0 Å². The number of piperidine rings is 1. The second-order valence-corrected chi connectivity index (χ2v) is 8.93. The minimum absolute atomic E-state index is 0.259. The number of urea groups is 1. The Morgan fingerprint density at radius 3 is 2.69 bits per heavy atom. The average Bonchev–Trinajstić information content (AvgIpc) is 2.86. The number of anilines is 1. The molecule has 0 bridgehead atoms. The summed E-state index contributed by atoms with van der Waals surface area (Å²) in [6, 6.07) is 11.6. The number of fused-ring (bicyclic) bond motifs is 1. The molecule has 0 aliphatic carbocycles. The molecule has 1 saturated heterocycles. The van der Waals surface area contributed by atoms with Gasteiger partial charge in [-0.1, -0.05) is 18.2 Å². The van der Waals surface area contributed by atoms with Gasteiger partial charge in [0.15, 0.2) is 5.82 Å². The molecule has 1 fully saturated rings. The van der Waals surface area contributed by atoms with Crippen molar-refractivity contribution in [1.29, 1.82) is 0 Å². The zero-order valence-electron chi connectivity index (χ0n) is 20.4. The summed E-state index contributed by atoms with van der Waals surface area (Å²) in [6.45, 7) is 4.33. The highest BCUT2D eigenvalue weighted by Gasteiger charge is 2.29. The van der Waals surface area contributed by atoms with E-state index in [-0.39, 0.29) is 6.03 Å². The first-order chi connectivity index (χ1) is 16.9. The summed E-state index contributed by atoms with van der Waals surface area (Å²) in [7, 11) is 3.23. The summed E-state index contributed by atoms with van der Waals surface area (Å²) < 4.78 is 16.2. The monoisotopic (exact) mass is 480 g/mol. The van der Waals surface area contributed by atoms with Crippen molar-refractivity contribution in [3.05, 3.63) is 48.2 Å². The van der Waals surface area contributed by atoms with Crippen molar-refractivity contribution in [2.45, 2.75) is 32.0 Å². The van der Waals surface area contributed by atoms with E-state index < -0.39 is 5.60 Å². The van der Waals surface area contributed by atoms with Crippen LogP contribution in [0.5, 0.6) is 5.75 Å². The van der Waals surface area contributed by atoms with Crippen LogP contribution in [0.1, 0.15) is 25.3 Å². The molecule has 9 nitrogen and oxygen atoms in total. The third-order valence-electron chi connectivity index (χ3n) is 6.18. The lowest BCUT2D eigenvalue weighted by molar-refractivity contribution is 0.00569. The van der Waals surface area contributed by atoms with Gasteiger partial charge in [-0.15, -0.1) is 0 Å². The quantitative estimate of drug-likeness (QED) is 0.472. The van der Waals surface area contributed by atoms with Crippen LogP contribution in [-0.4, -0.2) is 72.1 Å². The maximum absolute atomic E-state index is 12.7. The van der Waals surface area contributed by atoms with E-state index >= 15 is 0 Å². The molecule has 1 aliphatic heterocycles. The number of hydrogen-bond donors (Lipinski definition) is 2. The number of methoxy groups -OCH3 is 2. The number of nitrogens with zero attached hydrogens (tertiary/aromatic N) is 3. The molecule has 2 N–H and O–H groups in total. The topological polar surface area (TPSA) is 106 Å². The zero-order valence-corrected chi connectivity index (χ0v) is 20.4. The summed E-state index contributed by atoms with van der Waals surface area (Å²) in [5.74, 6) is 0.913. The first kappa shape index (κ1) is 24.8. The van der Waals surface area contributed by atoms with E-state index in [2.05, 4.69) is 21.4 Å². The molecule has 35 heavy (non-hydrogen) atoms. The molecule has 186 valence electrons. The van der Waals surface area contributed by atoms with Gasteiger partial charge in [-0.2, -0.15) is 0 Å². The lowest BCUT2D eigenvalue weighted by atomic mass is 9.94. The second kappa shape index (κ2) is 11.0. The average molecular weight is 481 g/mol. The number of aliphatic hydroxyl groups is 1. The first-order valence-corrected chi connectivity index (χ1v) is 11.7. The first-order valence-electron chi connectivity index (χ1n) is 11.7. The van der Waals surface area contributed by atoms with Gasteiger partial charge in [-0.05, 0) is 49.1 Å². The molecular formula is C26H32N4O5. The normalized spacial score (nSPS) is 15.3. The lowest BCUT2D eigenvalue weighted by Crippen LogP contribution is -2.46. The lowest BCUT2D eigenvalue weighted by Gasteiger charge is -2.35. The van der Waals surface area contributed by atoms with E-state index in [1.54, 1.807) is 32.2 Å². The van der Waals surface area contributed by atoms with Crippen LogP contribution >= 0.6 is 0 Å². The molecule has 0 saturated carbocycles. The van der Waals surface area contributed by atoms with Crippen LogP contribution in [0.15, 0.2) is 42.6 Å². The molecule has 0 radical (unpaired) electrons. The third kappa shape index (κ3) is 6.05. The van der Waals surface area contributed by atoms with Crippen molar-refractivity contribution in [3.63, 3.8) is 0 Å². The van der Waals surface area contributed by atoms with E-state index in [1.165, 1.54) is 0 Å². The fourth-order valence-electron chi connectivity index (χ4n) is 4.07. The Morgan fingerprint density at radius 2 is 1.94 bits per heavy atom. The van der Waals surface area contributed by atoms with E-state index in [0.29, 0.717) is 68.4 Å². The molecule has 2 aromatic carbocycles. The highest BCUT2D eigenvalue weighted by molar-refractivity contribution is 5.97. The number of benzene rings is 2. The smallest absolute Gasteiger partial charge is 0.323 e. The molecular weight excluding hydrogens is 448 g/mol. The summed E-state index contributed by atoms with van der Waals surface area (Å²) in [5.41, 5.74) is 3.44. The van der Waals surface area contributed by atoms with Crippen LogP contribution in [-0.2, 0) is 16.1 Å². The molecule has 2 amide bonds. The van der Waals surface area contributed by atoms with Gasteiger partial charge in [0.25, 0.3) is 0 Å². The van der Waals surface area contributed by atoms with Gasteiger partial charge >= 0.3 is 6.03 Å². The molecule has 0 atom stereocenters. The predicted molar refractivity (Wildman–Crippen MR) is 134 cm³/mol. The van der Waals surface area contributed by atoms with Crippen molar-refractivity contribution >= 4 is 22.9 Å². The number of carbonyl (C=O) groups excluding carboxylic acids is 1. The molecule has 4 rings (SSSR count). The third-order valence-corrected chi connectivity index (χ3v) is 6.18. The maximum Gasteiger partial charge on any atom is 0.323 e. The standard InChI is InChI=1S/C26H32N4O5/c1-26(32)9-11-30(12-10-26)25(31)29-22-16-27-23-20(7-8-21(34-3)24(23)28-22)19-6-4-5-18(15-19)17-35-14-13-33-2/h4-8,15-16,32H,9-14,17H2,1-3H3,(H,28,29,31). The molecule has 0 unspecified atom stereocenters. The summed E-state index contributed by atoms with van der Waals surface area (Å²) in [4.78, 5) is 23.7. The van der Waals surface area contributed by atoms with Gasteiger partial charge in [-0.3, -0.25) is 5.32 Å². The molecule has 1 aliphatic rings. The van der Waals surface area contributed by atoms with Gasteiger partial charge in [0.2, 0.25) is 0 Å². The van der Waals surface area contributed by atoms with Crippen LogP contribution in [0.25, 0.3) is 22.2 Å². The number of hydrogen-bond acceptors (Lipinski definition) is 7. The van der Waals surface area contributed by atoms with Crippen molar-refractivity contribution < 1.29 is 24.1 Å². The minimum Gasteiger partial charge on any atom is -0.494 e. The molecule has 2 heterocycles. The van der Waals surface area contributed by atoms with Crippen molar-refractivity contribution in [2.75, 3.05) is 45.8 Å². The SMILES string of the molecule is COCCOCc1cccc(-c2ccc(OC)c3nc(NC(=O)N4CCC(C)(O)CC4)cnc23)c1. The Kier molecular flexibility index (Phi) is 7.80. The number of nitrogens with one attached hydrogen (secondary N) is 1. The van der Waals surface area contributed by atoms with Crippen molar-refractivity contribution in [3.8, 4) is 16.9 Å². The Hall–Kier alpha value is -3.27. The van der Waals surface area contributed by atoms with Gasteiger partial charge in [-0.25, -0.2) is 14.8 Å². The van der Waals surface area contributed by atoms with E-state index in [9.17, 15) is 9.90 Å². The predicted octanol–water partition coefficient (Wildman–Crippen LogP) is 3.85. The summed E-state index contributed by atoms with van der Waals surface area (Å²) in [5, 5.41) is 13.0. The van der Waals surface area contributed by atoms with E-state index in [1.807, 2.05) is 30.3 Å². The fraction of sp³-hybridized carbons (Fsp3) is 0.423. The largest absolute Gasteiger partial charge is 0.494 e. The van der Waals surface area contributed by atoms with Gasteiger partial charge < -0.3 is 24.2 Å². The number of likely N-dealkylation sites (tertiary alicyclic amines) is 1. The van der Waals surface area contributed by atoms with Crippen LogP contribution in [0.4, 0.5) is 10.6 Å². The van der Waals surface area contributed by atoms with Crippen molar-refractivity contribution in [1.82, 2.24) is 14.9 Å². The zero-order chi connectivity index (χ0) is 24.8. The Labute approximate surface area is 205 Å². The van der Waals surface area contributed by atoms with Crippen LogP contribution in [0, 0.1) is 0 Å². The molecule has 0 spiro atoms. The van der Waals surface area contributed by atoms with E-state index in [4.69, 9.17) is 14.2 Å². The second-order valence-electron chi connectivity index (χ2n) is 8.93. The van der Waals surface area contributed by atoms with Gasteiger partial charge in [0.05, 0.1) is 38.7 Å². The van der Waals surface area contributed by atoms with Gasteiger partial charge in [0, 0.05) is 25.8 Å². The Bertz CT molecular complexity index is 1170. The number of carbonyl (C=O) groups is 1. The molecule has 3 aromatic rings. The highest BCUT2D eigenvalue weighted by atomic mass is 16.5. The summed E-state index contributed by atoms with van der Waals surface area (Å²) >= 11 is 0. The highest BCUT2D eigenvalue weighted by Crippen LogP contribution is 2.33. The van der Waals surface area contributed by atoms with E-state index in [0.717, 1.165) is 16.7 Å². The molecule has 9 heteroatoms. The number of aromatic nitrogens is 2. The Balaban J connectivity index is 1.57. The number of amides is 2. The van der Waals surface area contributed by atoms with Crippen LogP contribution in [0.2, 0.25) is 0 Å². The molecule has 1 aromatic heterocycles. The summed E-state index contributed by atoms with van der Waals surface area (Å²) in [6.07, 6.45) is 2.63. The fourth-order valence-corrected chi connectivity index (χ4v) is 4.07. The Morgan fingerprint density at radius 1 is 1.14 bits per heavy atom. The van der Waals surface area contributed by atoms with Crippen LogP contribution in [0.3, 0.4) is 0 Å². The maximum atomic E-state index is 12.7. The van der Waals surface area contributed by atoms with Crippen LogP contribution < -0.4 is 10.1 Å².